The first-order valence-corrected chi connectivity index (χ1v) is 7.82. The van der Waals surface area contributed by atoms with Gasteiger partial charge in [0.05, 0.1) is 18.8 Å². The first kappa shape index (κ1) is 18.9. The third-order valence-electron chi connectivity index (χ3n) is 4.05. The molecule has 1 aliphatic carbocycles. The van der Waals surface area contributed by atoms with E-state index in [2.05, 4.69) is 5.32 Å². The van der Waals surface area contributed by atoms with E-state index in [4.69, 9.17) is 10.5 Å². The van der Waals surface area contributed by atoms with Crippen LogP contribution in [0.2, 0.25) is 0 Å². The molecule has 0 bridgehead atoms. The zero-order chi connectivity index (χ0) is 15.1. The summed E-state index contributed by atoms with van der Waals surface area (Å²) in [5.41, 5.74) is 6.68. The highest BCUT2D eigenvalue weighted by molar-refractivity contribution is 5.86. The Bertz CT molecular complexity index is 447. The van der Waals surface area contributed by atoms with Crippen molar-refractivity contribution in [1.82, 2.24) is 5.32 Å². The van der Waals surface area contributed by atoms with Gasteiger partial charge in [0.25, 0.3) is 0 Å². The van der Waals surface area contributed by atoms with Crippen LogP contribution in [0.25, 0.3) is 0 Å². The molecule has 0 spiro atoms. The molecule has 124 valence electrons. The van der Waals surface area contributed by atoms with Gasteiger partial charge in [-0.2, -0.15) is 0 Å². The molecule has 1 saturated carbocycles. The van der Waals surface area contributed by atoms with Crippen LogP contribution in [0.1, 0.15) is 44.6 Å². The topological polar surface area (TPSA) is 64.3 Å². The van der Waals surface area contributed by atoms with E-state index in [0.717, 1.165) is 31.2 Å². The van der Waals surface area contributed by atoms with Crippen LogP contribution in [0.4, 0.5) is 0 Å². The van der Waals surface area contributed by atoms with Gasteiger partial charge in [-0.25, -0.2) is 0 Å². The Morgan fingerprint density at radius 2 is 1.91 bits per heavy atom. The lowest BCUT2D eigenvalue weighted by Crippen LogP contribution is -2.57. The second kappa shape index (κ2) is 9.13. The summed E-state index contributed by atoms with van der Waals surface area (Å²) in [5.74, 6) is -0.0296. The fourth-order valence-electron chi connectivity index (χ4n) is 2.75. The second-order valence-corrected chi connectivity index (χ2v) is 6.09. The lowest BCUT2D eigenvalue weighted by Gasteiger charge is -2.33. The van der Waals surface area contributed by atoms with Crippen molar-refractivity contribution < 1.29 is 9.53 Å². The molecule has 1 aromatic rings. The molecule has 1 fully saturated rings. The zero-order valence-electron chi connectivity index (χ0n) is 13.2. The van der Waals surface area contributed by atoms with Crippen LogP contribution in [-0.2, 0) is 16.1 Å². The van der Waals surface area contributed by atoms with Gasteiger partial charge in [-0.05, 0) is 25.3 Å². The molecule has 0 aromatic heterocycles. The van der Waals surface area contributed by atoms with Gasteiger partial charge in [0, 0.05) is 6.04 Å². The number of carbonyl (C=O) groups is 1. The van der Waals surface area contributed by atoms with E-state index >= 15 is 0 Å². The highest BCUT2D eigenvalue weighted by atomic mass is 35.5. The number of ether oxygens (including phenoxy) is 1. The van der Waals surface area contributed by atoms with E-state index in [9.17, 15) is 4.79 Å². The van der Waals surface area contributed by atoms with Crippen molar-refractivity contribution in [1.29, 1.82) is 0 Å². The molecule has 0 aliphatic heterocycles. The van der Waals surface area contributed by atoms with Gasteiger partial charge >= 0.3 is 0 Å². The average molecular weight is 327 g/mol. The number of rotatable bonds is 6. The fraction of sp³-hybridized carbons (Fsp3) is 0.588. The minimum Gasteiger partial charge on any atom is -0.375 e. The van der Waals surface area contributed by atoms with Gasteiger partial charge in [0.1, 0.15) is 0 Å². The van der Waals surface area contributed by atoms with Crippen LogP contribution < -0.4 is 11.1 Å². The standard InChI is InChI=1S/C17H26N2O2.ClH/c1-14(12-21-13-15-8-4-2-5-9-15)19-16(20)17(18)10-6-3-7-11-17;/h2,4-5,8-9,14H,3,6-7,10-13,18H2,1H3,(H,19,20);1H. The fourth-order valence-corrected chi connectivity index (χ4v) is 2.75. The molecular weight excluding hydrogens is 300 g/mol. The van der Waals surface area contributed by atoms with E-state index in [1.165, 1.54) is 6.42 Å². The molecule has 0 radical (unpaired) electrons. The van der Waals surface area contributed by atoms with Crippen molar-refractivity contribution in [3.63, 3.8) is 0 Å². The first-order valence-electron chi connectivity index (χ1n) is 7.82. The Kier molecular flexibility index (Phi) is 7.87. The molecule has 4 nitrogen and oxygen atoms in total. The van der Waals surface area contributed by atoms with Gasteiger partial charge in [-0.1, -0.05) is 49.6 Å². The molecule has 1 aliphatic rings. The zero-order valence-corrected chi connectivity index (χ0v) is 14.0. The summed E-state index contributed by atoms with van der Waals surface area (Å²) in [7, 11) is 0. The van der Waals surface area contributed by atoms with Gasteiger partial charge in [0.2, 0.25) is 5.91 Å². The highest BCUT2D eigenvalue weighted by Crippen LogP contribution is 2.26. The summed E-state index contributed by atoms with van der Waals surface area (Å²) in [6.45, 7) is 3.01. The lowest BCUT2D eigenvalue weighted by atomic mass is 9.82. The number of hydrogen-bond donors (Lipinski definition) is 2. The van der Waals surface area contributed by atoms with Crippen molar-refractivity contribution >= 4 is 18.3 Å². The SMILES string of the molecule is CC(COCc1ccccc1)NC(=O)C1(N)CCCCC1.Cl. The normalized spacial score (nSPS) is 18.1. The van der Waals surface area contributed by atoms with E-state index in [1.54, 1.807) is 0 Å². The Balaban J connectivity index is 0.00000242. The highest BCUT2D eigenvalue weighted by Gasteiger charge is 2.35. The minimum atomic E-state index is -0.675. The molecule has 22 heavy (non-hydrogen) atoms. The molecule has 2 rings (SSSR count). The van der Waals surface area contributed by atoms with Crippen molar-refractivity contribution in [2.75, 3.05) is 6.61 Å². The summed E-state index contributed by atoms with van der Waals surface area (Å²) in [6.07, 6.45) is 4.85. The van der Waals surface area contributed by atoms with Gasteiger partial charge in [-0.15, -0.1) is 12.4 Å². The third-order valence-corrected chi connectivity index (χ3v) is 4.05. The number of amides is 1. The molecule has 1 unspecified atom stereocenters. The monoisotopic (exact) mass is 326 g/mol. The smallest absolute Gasteiger partial charge is 0.240 e. The van der Waals surface area contributed by atoms with E-state index in [0.29, 0.717) is 13.2 Å². The maximum absolute atomic E-state index is 12.3. The summed E-state index contributed by atoms with van der Waals surface area (Å²) in [4.78, 5) is 12.3. The second-order valence-electron chi connectivity index (χ2n) is 6.09. The first-order chi connectivity index (χ1) is 10.1. The molecule has 0 saturated heterocycles. The van der Waals surface area contributed by atoms with Crippen molar-refractivity contribution in [3.8, 4) is 0 Å². The molecule has 3 N–H and O–H groups in total. The lowest BCUT2D eigenvalue weighted by molar-refractivity contribution is -0.128. The van der Waals surface area contributed by atoms with Crippen molar-refractivity contribution in [2.24, 2.45) is 5.73 Å². The molecule has 0 heterocycles. The number of carbonyl (C=O) groups excluding carboxylic acids is 1. The molecule has 5 heteroatoms. The van der Waals surface area contributed by atoms with Gasteiger partial charge in [-0.3, -0.25) is 4.79 Å². The van der Waals surface area contributed by atoms with Crippen LogP contribution >= 0.6 is 12.4 Å². The van der Waals surface area contributed by atoms with E-state index in [-0.39, 0.29) is 24.4 Å². The Morgan fingerprint density at radius 3 is 2.55 bits per heavy atom. The van der Waals surface area contributed by atoms with Crippen LogP contribution in [0.3, 0.4) is 0 Å². The number of nitrogens with one attached hydrogen (secondary N) is 1. The number of halogens is 1. The average Bonchev–Trinajstić information content (AvgIpc) is 2.49. The largest absolute Gasteiger partial charge is 0.375 e. The predicted octanol–water partition coefficient (Wildman–Crippen LogP) is 2.79. The summed E-state index contributed by atoms with van der Waals surface area (Å²) >= 11 is 0. The van der Waals surface area contributed by atoms with Crippen molar-refractivity contribution in [2.45, 2.75) is 57.2 Å². The molecular formula is C17H27ClN2O2. The van der Waals surface area contributed by atoms with E-state index < -0.39 is 5.54 Å². The number of nitrogens with two attached hydrogens (primary N) is 1. The van der Waals surface area contributed by atoms with Crippen LogP contribution in [0.5, 0.6) is 0 Å². The summed E-state index contributed by atoms with van der Waals surface area (Å²) in [6, 6.07) is 10.00. The quantitative estimate of drug-likeness (QED) is 0.845. The maximum Gasteiger partial charge on any atom is 0.240 e. The molecule has 1 aromatic carbocycles. The summed E-state index contributed by atoms with van der Waals surface area (Å²) < 4.78 is 5.65. The molecule has 1 atom stereocenters. The Hall–Kier alpha value is -1.10. The maximum atomic E-state index is 12.3. The van der Waals surface area contributed by atoms with Gasteiger partial charge in [0.15, 0.2) is 0 Å². The van der Waals surface area contributed by atoms with Crippen LogP contribution in [-0.4, -0.2) is 24.1 Å². The van der Waals surface area contributed by atoms with Crippen LogP contribution in [0, 0.1) is 0 Å². The van der Waals surface area contributed by atoms with Crippen LogP contribution in [0.15, 0.2) is 30.3 Å². The van der Waals surface area contributed by atoms with Crippen molar-refractivity contribution in [3.05, 3.63) is 35.9 Å². The number of hydrogen-bond acceptors (Lipinski definition) is 3. The van der Waals surface area contributed by atoms with E-state index in [1.807, 2.05) is 37.3 Å². The minimum absolute atomic E-state index is 0. The summed E-state index contributed by atoms with van der Waals surface area (Å²) in [5, 5.41) is 2.99. The third kappa shape index (κ3) is 5.59. The number of benzene rings is 1. The predicted molar refractivity (Wildman–Crippen MR) is 91.0 cm³/mol. The Morgan fingerprint density at radius 1 is 1.27 bits per heavy atom. The molecule has 1 amide bonds. The van der Waals surface area contributed by atoms with Gasteiger partial charge < -0.3 is 15.8 Å². The Labute approximate surface area is 139 Å².